The molecule has 0 unspecified atom stereocenters. The SMILES string of the molecule is CC(=O)c1cccc(NC(=O)CN2C(=O)COc3ccc(C(=O)N(C)C)cc32)c1. The molecule has 8 heteroatoms. The van der Waals surface area contributed by atoms with Crippen LogP contribution in [0.15, 0.2) is 42.5 Å². The van der Waals surface area contributed by atoms with E-state index in [1.807, 2.05) is 0 Å². The van der Waals surface area contributed by atoms with Gasteiger partial charge in [0.2, 0.25) is 5.91 Å². The zero-order valence-electron chi connectivity index (χ0n) is 16.4. The highest BCUT2D eigenvalue weighted by molar-refractivity contribution is 6.06. The fraction of sp³-hybridized carbons (Fsp3) is 0.238. The van der Waals surface area contributed by atoms with Crippen molar-refractivity contribution in [1.82, 2.24) is 4.90 Å². The van der Waals surface area contributed by atoms with Crippen LogP contribution in [0, 0.1) is 0 Å². The molecule has 3 rings (SSSR count). The molecular formula is C21H21N3O5. The Bertz CT molecular complexity index is 1000. The molecule has 1 N–H and O–H groups in total. The molecule has 1 aliphatic heterocycles. The first-order valence-electron chi connectivity index (χ1n) is 8.96. The Morgan fingerprint density at radius 3 is 2.55 bits per heavy atom. The second-order valence-electron chi connectivity index (χ2n) is 6.84. The average Bonchev–Trinajstić information content (AvgIpc) is 2.69. The number of carbonyl (C=O) groups excluding carboxylic acids is 4. The molecule has 0 aromatic heterocycles. The molecule has 2 aromatic rings. The Kier molecular flexibility index (Phi) is 5.63. The normalized spacial score (nSPS) is 12.7. The van der Waals surface area contributed by atoms with Crippen LogP contribution in [0.4, 0.5) is 11.4 Å². The van der Waals surface area contributed by atoms with E-state index in [9.17, 15) is 19.2 Å². The van der Waals surface area contributed by atoms with Gasteiger partial charge in [-0.1, -0.05) is 12.1 Å². The van der Waals surface area contributed by atoms with Crippen molar-refractivity contribution in [3.8, 4) is 5.75 Å². The number of amides is 3. The van der Waals surface area contributed by atoms with Gasteiger partial charge in [0, 0.05) is 30.9 Å². The number of benzene rings is 2. The third-order valence-corrected chi connectivity index (χ3v) is 4.41. The lowest BCUT2D eigenvalue weighted by atomic mass is 10.1. The van der Waals surface area contributed by atoms with Gasteiger partial charge in [0.15, 0.2) is 12.4 Å². The number of nitrogens with one attached hydrogen (secondary N) is 1. The average molecular weight is 395 g/mol. The quantitative estimate of drug-likeness (QED) is 0.781. The first-order valence-corrected chi connectivity index (χ1v) is 8.96. The molecule has 0 saturated carbocycles. The maximum Gasteiger partial charge on any atom is 0.265 e. The van der Waals surface area contributed by atoms with E-state index in [-0.39, 0.29) is 30.7 Å². The van der Waals surface area contributed by atoms with E-state index < -0.39 is 5.91 Å². The molecule has 0 radical (unpaired) electrons. The van der Waals surface area contributed by atoms with Crippen molar-refractivity contribution in [3.63, 3.8) is 0 Å². The highest BCUT2D eigenvalue weighted by atomic mass is 16.5. The van der Waals surface area contributed by atoms with Gasteiger partial charge >= 0.3 is 0 Å². The Labute approximate surface area is 168 Å². The number of rotatable bonds is 5. The summed E-state index contributed by atoms with van der Waals surface area (Å²) in [4.78, 5) is 51.4. The maximum absolute atomic E-state index is 12.5. The van der Waals surface area contributed by atoms with Gasteiger partial charge in [-0.3, -0.25) is 24.1 Å². The van der Waals surface area contributed by atoms with Crippen LogP contribution in [-0.4, -0.2) is 55.7 Å². The Morgan fingerprint density at radius 2 is 1.86 bits per heavy atom. The lowest BCUT2D eigenvalue weighted by Gasteiger charge is -2.29. The Hall–Kier alpha value is -3.68. The number of ketones is 1. The first-order chi connectivity index (χ1) is 13.8. The van der Waals surface area contributed by atoms with E-state index in [0.717, 1.165) is 0 Å². The van der Waals surface area contributed by atoms with Crippen molar-refractivity contribution in [2.24, 2.45) is 0 Å². The summed E-state index contributed by atoms with van der Waals surface area (Å²) < 4.78 is 5.42. The number of fused-ring (bicyclic) bond motifs is 1. The Morgan fingerprint density at radius 1 is 1.10 bits per heavy atom. The summed E-state index contributed by atoms with van der Waals surface area (Å²) in [7, 11) is 3.26. The minimum Gasteiger partial charge on any atom is -0.482 e. The second-order valence-corrected chi connectivity index (χ2v) is 6.84. The van der Waals surface area contributed by atoms with Gasteiger partial charge in [-0.15, -0.1) is 0 Å². The molecule has 0 spiro atoms. The van der Waals surface area contributed by atoms with Gasteiger partial charge in [-0.2, -0.15) is 0 Å². The number of hydrogen-bond acceptors (Lipinski definition) is 5. The topological polar surface area (TPSA) is 96.0 Å². The molecule has 0 fully saturated rings. The van der Waals surface area contributed by atoms with E-state index in [1.165, 1.54) is 16.7 Å². The van der Waals surface area contributed by atoms with Gasteiger partial charge in [-0.05, 0) is 37.3 Å². The summed E-state index contributed by atoms with van der Waals surface area (Å²) in [6.45, 7) is 0.997. The van der Waals surface area contributed by atoms with Gasteiger partial charge in [0.1, 0.15) is 12.3 Å². The molecule has 1 heterocycles. The van der Waals surface area contributed by atoms with Crippen LogP contribution in [0.25, 0.3) is 0 Å². The summed E-state index contributed by atoms with van der Waals surface area (Å²) >= 11 is 0. The predicted octanol–water partition coefficient (Wildman–Crippen LogP) is 1.96. The molecule has 8 nitrogen and oxygen atoms in total. The molecule has 2 aromatic carbocycles. The number of ether oxygens (including phenoxy) is 1. The van der Waals surface area contributed by atoms with Crippen LogP contribution < -0.4 is 15.0 Å². The fourth-order valence-corrected chi connectivity index (χ4v) is 2.93. The smallest absolute Gasteiger partial charge is 0.265 e. The number of carbonyl (C=O) groups is 4. The minimum absolute atomic E-state index is 0.114. The monoisotopic (exact) mass is 395 g/mol. The molecule has 29 heavy (non-hydrogen) atoms. The summed E-state index contributed by atoms with van der Waals surface area (Å²) in [6.07, 6.45) is 0. The van der Waals surface area contributed by atoms with Gasteiger partial charge in [0.25, 0.3) is 11.8 Å². The van der Waals surface area contributed by atoms with Crippen molar-refractivity contribution < 1.29 is 23.9 Å². The van der Waals surface area contributed by atoms with Crippen molar-refractivity contribution in [2.45, 2.75) is 6.92 Å². The highest BCUT2D eigenvalue weighted by Crippen LogP contribution is 2.33. The van der Waals surface area contributed by atoms with Gasteiger partial charge in [-0.25, -0.2) is 0 Å². The zero-order chi connectivity index (χ0) is 21.1. The fourth-order valence-electron chi connectivity index (χ4n) is 2.93. The summed E-state index contributed by atoms with van der Waals surface area (Å²) in [5, 5.41) is 2.69. The molecule has 0 atom stereocenters. The number of hydrogen-bond donors (Lipinski definition) is 1. The van der Waals surface area contributed by atoms with E-state index >= 15 is 0 Å². The second kappa shape index (κ2) is 8.14. The van der Waals surface area contributed by atoms with Crippen LogP contribution in [0.2, 0.25) is 0 Å². The highest BCUT2D eigenvalue weighted by Gasteiger charge is 2.28. The standard InChI is InChI=1S/C21H21N3O5/c1-13(25)14-5-4-6-16(9-14)22-19(26)11-24-17-10-15(21(28)23(2)3)7-8-18(17)29-12-20(24)27/h4-10H,11-12H2,1-3H3,(H,22,26). The van der Waals surface area contributed by atoms with E-state index in [4.69, 9.17) is 4.74 Å². The van der Waals surface area contributed by atoms with Gasteiger partial charge < -0.3 is 15.0 Å². The van der Waals surface area contributed by atoms with Crippen LogP contribution >= 0.6 is 0 Å². The van der Waals surface area contributed by atoms with E-state index in [1.54, 1.807) is 56.6 Å². The molecule has 1 aliphatic rings. The lowest BCUT2D eigenvalue weighted by Crippen LogP contribution is -2.43. The minimum atomic E-state index is -0.434. The number of nitrogens with zero attached hydrogens (tertiary/aromatic N) is 2. The Balaban J connectivity index is 1.82. The van der Waals surface area contributed by atoms with Crippen molar-refractivity contribution >= 4 is 34.9 Å². The molecule has 3 amide bonds. The van der Waals surface area contributed by atoms with Crippen LogP contribution in [0.5, 0.6) is 5.75 Å². The van der Waals surface area contributed by atoms with Crippen LogP contribution in [0.1, 0.15) is 27.6 Å². The third-order valence-electron chi connectivity index (χ3n) is 4.41. The summed E-state index contributed by atoms with van der Waals surface area (Å²) in [6, 6.07) is 11.3. The summed E-state index contributed by atoms with van der Waals surface area (Å²) in [5.41, 5.74) is 1.68. The summed E-state index contributed by atoms with van der Waals surface area (Å²) in [5.74, 6) is -0.741. The van der Waals surface area contributed by atoms with Crippen molar-refractivity contribution in [2.75, 3.05) is 37.5 Å². The first kappa shape index (κ1) is 20.1. The van der Waals surface area contributed by atoms with E-state index in [0.29, 0.717) is 28.3 Å². The van der Waals surface area contributed by atoms with Crippen LogP contribution in [-0.2, 0) is 9.59 Å². The maximum atomic E-state index is 12.5. The molecule has 0 aliphatic carbocycles. The van der Waals surface area contributed by atoms with Crippen molar-refractivity contribution in [3.05, 3.63) is 53.6 Å². The lowest BCUT2D eigenvalue weighted by molar-refractivity contribution is -0.123. The molecule has 150 valence electrons. The molecular weight excluding hydrogens is 374 g/mol. The molecule has 0 saturated heterocycles. The molecule has 0 bridgehead atoms. The predicted molar refractivity (Wildman–Crippen MR) is 107 cm³/mol. The number of Topliss-reactive ketones (excluding diaryl/α,β-unsaturated/α-hetero) is 1. The van der Waals surface area contributed by atoms with Crippen molar-refractivity contribution in [1.29, 1.82) is 0 Å². The van der Waals surface area contributed by atoms with Gasteiger partial charge in [0.05, 0.1) is 5.69 Å². The van der Waals surface area contributed by atoms with Crippen LogP contribution in [0.3, 0.4) is 0 Å². The number of anilines is 2. The zero-order valence-corrected chi connectivity index (χ0v) is 16.4. The largest absolute Gasteiger partial charge is 0.482 e. The van der Waals surface area contributed by atoms with E-state index in [2.05, 4.69) is 5.32 Å². The third kappa shape index (κ3) is 4.43.